The Kier molecular flexibility index (Phi) is 70.7. The number of aliphatic hydroxyl groups excluding tert-OH is 1. The molecular weight excluding hydrogens is 1160 g/mol. The van der Waals surface area contributed by atoms with Crippen molar-refractivity contribution in [2.75, 3.05) is 40.9 Å². The summed E-state index contributed by atoms with van der Waals surface area (Å²) in [5.74, 6) is -0.186. The third-order valence-electron chi connectivity index (χ3n) is 17.4. The molecule has 0 fully saturated rings. The minimum absolute atomic E-state index is 0.0531. The van der Waals surface area contributed by atoms with E-state index in [0.29, 0.717) is 17.4 Å². The summed E-state index contributed by atoms with van der Waals surface area (Å²) in [6, 6.07) is -0.871. The molecule has 0 aromatic carbocycles. The van der Waals surface area contributed by atoms with Crippen LogP contribution >= 0.6 is 7.82 Å². The van der Waals surface area contributed by atoms with Crippen LogP contribution in [-0.2, 0) is 18.4 Å². The zero-order valence-corrected chi connectivity index (χ0v) is 62.6. The zero-order valence-electron chi connectivity index (χ0n) is 61.7. The van der Waals surface area contributed by atoms with E-state index in [1.54, 1.807) is 6.08 Å². The number of phosphoric ester groups is 1. The lowest BCUT2D eigenvalue weighted by Gasteiger charge is -2.25. The molecular formula is C84H152N2O6P+. The van der Waals surface area contributed by atoms with Crippen LogP contribution in [-0.4, -0.2) is 73.4 Å². The van der Waals surface area contributed by atoms with Crippen molar-refractivity contribution < 1.29 is 32.9 Å². The molecule has 0 heterocycles. The van der Waals surface area contributed by atoms with Gasteiger partial charge >= 0.3 is 7.82 Å². The number of allylic oxidation sites excluding steroid dienone is 19. The van der Waals surface area contributed by atoms with Crippen LogP contribution < -0.4 is 5.32 Å². The second-order valence-electron chi connectivity index (χ2n) is 27.7. The summed E-state index contributed by atoms with van der Waals surface area (Å²) < 4.78 is 23.9. The van der Waals surface area contributed by atoms with Crippen molar-refractivity contribution in [2.45, 2.75) is 366 Å². The summed E-state index contributed by atoms with van der Waals surface area (Å²) in [5, 5.41) is 14.0. The number of phosphoric acid groups is 1. The standard InChI is InChI=1S/C84H151N2O6P/c1-6-8-10-12-14-16-18-20-22-24-26-28-30-32-34-36-38-39-40-41-42-43-44-45-46-47-48-50-52-54-56-58-60-62-64-66-68-70-72-74-76-78-84(88)85-82(81-92-93(89,90)91-80-79-86(3,4)5)83(87)77-75-73-71-69-67-65-63-61-59-57-55-53-51-49-37-35-33-31-29-27-25-23-21-19-17-15-13-11-9-7-2/h8,10,14,16,20,22,26,28,32,34,38-39,41-42,44-45,67,69,75,77,82-83,87H,6-7,9,11-13,15,17-19,21,23-25,27,29-31,33,35-37,40,43,46-66,68,70-74,76,78-81H2,1-5H3,(H-,85,88,89,90)/p+1/b10-8-,16-14-,22-20-,28-26-,34-32-,39-38-,42-41-,45-44-,69-67+,77-75+. The molecule has 0 aromatic heterocycles. The normalized spacial score (nSPS) is 14.2. The fourth-order valence-corrected chi connectivity index (χ4v) is 12.1. The van der Waals surface area contributed by atoms with Gasteiger partial charge in [0.15, 0.2) is 0 Å². The summed E-state index contributed by atoms with van der Waals surface area (Å²) in [7, 11) is 1.56. The Morgan fingerprint density at radius 1 is 0.376 bits per heavy atom. The molecule has 538 valence electrons. The number of carbonyl (C=O) groups excluding carboxylic acids is 1. The highest BCUT2D eigenvalue weighted by Gasteiger charge is 2.28. The van der Waals surface area contributed by atoms with Crippen molar-refractivity contribution in [1.82, 2.24) is 5.32 Å². The molecule has 8 nitrogen and oxygen atoms in total. The van der Waals surface area contributed by atoms with E-state index in [1.165, 1.54) is 244 Å². The number of hydrogen-bond acceptors (Lipinski definition) is 5. The number of nitrogens with zero attached hydrogens (tertiary/aromatic N) is 1. The van der Waals surface area contributed by atoms with Crippen LogP contribution in [0.15, 0.2) is 122 Å². The quantitative estimate of drug-likeness (QED) is 0.0243. The minimum atomic E-state index is -4.37. The summed E-state index contributed by atoms with van der Waals surface area (Å²) in [6.07, 6.45) is 110. The van der Waals surface area contributed by atoms with Crippen LogP contribution in [0.4, 0.5) is 0 Å². The van der Waals surface area contributed by atoms with Crippen LogP contribution in [0.5, 0.6) is 0 Å². The summed E-state index contributed by atoms with van der Waals surface area (Å²) >= 11 is 0. The SMILES string of the molecule is CC/C=C\C/C=C\C/C=C\C/C=C\C/C=C\C/C=C\C/C=C\C/C=C\CCCCCCCCCCCCCCCCCCC(=O)NC(COP(=O)(O)OCC[N+](C)(C)C)C(O)/C=C/CC/C=C/CCCCCCCCCCCCCCCCCCCCCCCCCC. The van der Waals surface area contributed by atoms with Gasteiger partial charge in [-0.1, -0.05) is 373 Å². The molecule has 0 rings (SSSR count). The van der Waals surface area contributed by atoms with Gasteiger partial charge in [-0.15, -0.1) is 0 Å². The van der Waals surface area contributed by atoms with Crippen LogP contribution in [0.1, 0.15) is 354 Å². The van der Waals surface area contributed by atoms with Gasteiger partial charge < -0.3 is 19.8 Å². The maximum Gasteiger partial charge on any atom is 0.472 e. The fraction of sp³-hybridized carbons (Fsp3) is 0.750. The highest BCUT2D eigenvalue weighted by molar-refractivity contribution is 7.47. The van der Waals surface area contributed by atoms with E-state index in [1.807, 2.05) is 27.2 Å². The average molecular weight is 1320 g/mol. The Labute approximate surface area is 577 Å². The number of quaternary nitrogens is 1. The van der Waals surface area contributed by atoms with Gasteiger partial charge in [0.25, 0.3) is 0 Å². The number of amides is 1. The van der Waals surface area contributed by atoms with Gasteiger partial charge in [-0.05, 0) is 96.3 Å². The third kappa shape index (κ3) is 76.1. The average Bonchev–Trinajstić information content (AvgIpc) is 2.75. The van der Waals surface area contributed by atoms with Gasteiger partial charge in [-0.3, -0.25) is 13.8 Å². The lowest BCUT2D eigenvalue weighted by atomic mass is 10.0. The lowest BCUT2D eigenvalue weighted by molar-refractivity contribution is -0.870. The summed E-state index contributed by atoms with van der Waals surface area (Å²) in [6.45, 7) is 4.72. The van der Waals surface area contributed by atoms with Crippen molar-refractivity contribution in [1.29, 1.82) is 0 Å². The van der Waals surface area contributed by atoms with Gasteiger partial charge in [0.2, 0.25) is 5.91 Å². The number of carbonyl (C=O) groups is 1. The minimum Gasteiger partial charge on any atom is -0.387 e. The van der Waals surface area contributed by atoms with Crippen molar-refractivity contribution in [3.63, 3.8) is 0 Å². The number of nitrogens with one attached hydrogen (secondary N) is 1. The van der Waals surface area contributed by atoms with Crippen molar-refractivity contribution >= 4 is 13.7 Å². The first-order valence-corrected chi connectivity index (χ1v) is 40.9. The molecule has 0 bridgehead atoms. The Hall–Kier alpha value is -3.10. The van der Waals surface area contributed by atoms with E-state index in [4.69, 9.17) is 9.05 Å². The molecule has 0 saturated heterocycles. The fourth-order valence-electron chi connectivity index (χ4n) is 11.4. The molecule has 0 radical (unpaired) electrons. The van der Waals surface area contributed by atoms with Crippen molar-refractivity contribution in [3.05, 3.63) is 122 Å². The second kappa shape index (κ2) is 73.2. The maximum atomic E-state index is 13.1. The zero-order chi connectivity index (χ0) is 67.6. The second-order valence-corrected chi connectivity index (χ2v) is 29.2. The lowest BCUT2D eigenvalue weighted by Crippen LogP contribution is -2.45. The predicted octanol–water partition coefficient (Wildman–Crippen LogP) is 25.9. The van der Waals surface area contributed by atoms with Crippen LogP contribution in [0.2, 0.25) is 0 Å². The predicted molar refractivity (Wildman–Crippen MR) is 410 cm³/mol. The molecule has 93 heavy (non-hydrogen) atoms. The Bertz CT molecular complexity index is 1940. The monoisotopic (exact) mass is 1320 g/mol. The van der Waals surface area contributed by atoms with E-state index in [2.05, 4.69) is 129 Å². The molecule has 0 aromatic rings. The molecule has 0 aliphatic rings. The van der Waals surface area contributed by atoms with Crippen molar-refractivity contribution in [3.8, 4) is 0 Å². The van der Waals surface area contributed by atoms with E-state index in [-0.39, 0.29) is 19.1 Å². The van der Waals surface area contributed by atoms with Crippen molar-refractivity contribution in [2.24, 2.45) is 0 Å². The van der Waals surface area contributed by atoms with Gasteiger partial charge in [-0.25, -0.2) is 4.57 Å². The number of hydrogen-bond donors (Lipinski definition) is 3. The van der Waals surface area contributed by atoms with Gasteiger partial charge in [0, 0.05) is 6.42 Å². The molecule has 0 spiro atoms. The Morgan fingerprint density at radius 3 is 0.989 bits per heavy atom. The number of unbranched alkanes of at least 4 members (excludes halogenated alkanes) is 41. The maximum absolute atomic E-state index is 13.1. The van der Waals surface area contributed by atoms with E-state index < -0.39 is 20.0 Å². The van der Waals surface area contributed by atoms with E-state index >= 15 is 0 Å². The smallest absolute Gasteiger partial charge is 0.387 e. The highest BCUT2D eigenvalue weighted by atomic mass is 31.2. The number of aliphatic hydroxyl groups is 1. The topological polar surface area (TPSA) is 105 Å². The molecule has 9 heteroatoms. The van der Waals surface area contributed by atoms with Crippen LogP contribution in [0, 0.1) is 0 Å². The largest absolute Gasteiger partial charge is 0.472 e. The Balaban J connectivity index is 4.04. The van der Waals surface area contributed by atoms with Gasteiger partial charge in [0.05, 0.1) is 39.9 Å². The molecule has 0 aliphatic carbocycles. The first kappa shape index (κ1) is 89.9. The summed E-state index contributed by atoms with van der Waals surface area (Å²) in [5.41, 5.74) is 0. The van der Waals surface area contributed by atoms with Crippen LogP contribution in [0.3, 0.4) is 0 Å². The van der Waals surface area contributed by atoms with Gasteiger partial charge in [0.1, 0.15) is 13.2 Å². The first-order chi connectivity index (χ1) is 45.5. The molecule has 3 atom stereocenters. The number of likely N-dealkylation sites (N-methyl/N-ethyl adjacent to an activating group) is 1. The first-order valence-electron chi connectivity index (χ1n) is 39.4. The van der Waals surface area contributed by atoms with Gasteiger partial charge in [-0.2, -0.15) is 0 Å². The van der Waals surface area contributed by atoms with E-state index in [0.717, 1.165) is 89.9 Å². The number of rotatable bonds is 72. The van der Waals surface area contributed by atoms with Crippen LogP contribution in [0.25, 0.3) is 0 Å². The third-order valence-corrected chi connectivity index (χ3v) is 18.4. The molecule has 3 N–H and O–H groups in total. The molecule has 0 saturated carbocycles. The van der Waals surface area contributed by atoms with E-state index in [9.17, 15) is 19.4 Å². The highest BCUT2D eigenvalue weighted by Crippen LogP contribution is 2.43. The summed E-state index contributed by atoms with van der Waals surface area (Å²) in [4.78, 5) is 23.5. The Morgan fingerprint density at radius 2 is 0.656 bits per heavy atom. The molecule has 3 unspecified atom stereocenters. The molecule has 0 aliphatic heterocycles. The molecule has 1 amide bonds.